The van der Waals surface area contributed by atoms with Crippen LogP contribution in [0.1, 0.15) is 68.6 Å². The highest BCUT2D eigenvalue weighted by molar-refractivity contribution is 7.99. The lowest BCUT2D eigenvalue weighted by Gasteiger charge is -2.49. The number of ether oxygens (including phenoxy) is 3. The second kappa shape index (κ2) is 14.5. The Bertz CT molecular complexity index is 1400. The third-order valence-corrected chi connectivity index (χ3v) is 14.6. The van der Waals surface area contributed by atoms with Crippen molar-refractivity contribution in [2.75, 3.05) is 6.61 Å². The summed E-state index contributed by atoms with van der Waals surface area (Å²) in [6, 6.07) is 25.4. The molecule has 0 spiro atoms. The summed E-state index contributed by atoms with van der Waals surface area (Å²) in [5, 5.41) is 10.6. The second-order valence-corrected chi connectivity index (χ2v) is 20.3. The zero-order chi connectivity index (χ0) is 33.0. The van der Waals surface area contributed by atoms with Crippen LogP contribution in [0.2, 0.25) is 18.1 Å². The molecule has 0 aromatic heterocycles. The van der Waals surface area contributed by atoms with Crippen LogP contribution in [0.5, 0.6) is 0 Å². The summed E-state index contributed by atoms with van der Waals surface area (Å²) in [5.41, 5.74) is 3.02. The Balaban J connectivity index is 1.79. The van der Waals surface area contributed by atoms with Gasteiger partial charge in [0.05, 0.1) is 18.8 Å². The zero-order valence-electron chi connectivity index (χ0n) is 28.2. The number of hydrogen-bond acceptors (Lipinski definition) is 7. The molecular weight excluding hydrogens is 601 g/mol. The molecule has 1 saturated heterocycles. The molecule has 3 aromatic rings. The molecule has 1 aliphatic heterocycles. The molecule has 0 radical (unpaired) electrons. The molecular formula is C37H50O6SSi. The van der Waals surface area contributed by atoms with Crippen LogP contribution in [0.25, 0.3) is 0 Å². The molecule has 1 aliphatic rings. The summed E-state index contributed by atoms with van der Waals surface area (Å²) in [5.74, 6) is -0.456. The third kappa shape index (κ3) is 8.87. The second-order valence-electron chi connectivity index (χ2n) is 14.4. The molecule has 0 amide bonds. The molecule has 0 saturated carbocycles. The summed E-state index contributed by atoms with van der Waals surface area (Å²) in [6.45, 7) is 19.6. The van der Waals surface area contributed by atoms with E-state index in [2.05, 4.69) is 79.8 Å². The van der Waals surface area contributed by atoms with E-state index in [0.717, 1.165) is 16.0 Å². The van der Waals surface area contributed by atoms with Crippen LogP contribution in [0.15, 0.2) is 83.8 Å². The molecule has 1 N–H and O–H groups in total. The highest BCUT2D eigenvalue weighted by atomic mass is 32.2. The van der Waals surface area contributed by atoms with Crippen molar-refractivity contribution in [2.24, 2.45) is 0 Å². The maximum Gasteiger partial charge on any atom is 0.338 e. The van der Waals surface area contributed by atoms with E-state index in [1.807, 2.05) is 48.5 Å². The van der Waals surface area contributed by atoms with E-state index >= 15 is 0 Å². The Labute approximate surface area is 275 Å². The first-order chi connectivity index (χ1) is 21.1. The molecule has 5 atom stereocenters. The molecule has 0 aliphatic carbocycles. The first-order valence-electron chi connectivity index (χ1n) is 15.7. The van der Waals surface area contributed by atoms with Gasteiger partial charge in [0.2, 0.25) is 0 Å². The van der Waals surface area contributed by atoms with Crippen LogP contribution in [-0.4, -0.2) is 55.9 Å². The van der Waals surface area contributed by atoms with Crippen molar-refractivity contribution in [3.8, 4) is 0 Å². The summed E-state index contributed by atoms with van der Waals surface area (Å²) in [4.78, 5) is 14.7. The fourth-order valence-corrected chi connectivity index (χ4v) is 7.49. The maximum atomic E-state index is 13.7. The van der Waals surface area contributed by atoms with Crippen LogP contribution in [0, 0.1) is 6.92 Å². The average Bonchev–Trinajstić information content (AvgIpc) is 2.98. The van der Waals surface area contributed by atoms with Crippen molar-refractivity contribution in [3.05, 3.63) is 101 Å². The van der Waals surface area contributed by atoms with Crippen LogP contribution in [0.4, 0.5) is 0 Å². The predicted molar refractivity (Wildman–Crippen MR) is 184 cm³/mol. The lowest BCUT2D eigenvalue weighted by molar-refractivity contribution is -0.220. The van der Waals surface area contributed by atoms with Gasteiger partial charge in [0.25, 0.3) is 0 Å². The molecule has 244 valence electrons. The Morgan fingerprint density at radius 2 is 1.51 bits per heavy atom. The summed E-state index contributed by atoms with van der Waals surface area (Å²) >= 11 is 1.51. The van der Waals surface area contributed by atoms with E-state index in [1.54, 1.807) is 12.1 Å². The summed E-state index contributed by atoms with van der Waals surface area (Å²) in [6.07, 6.45) is -2.88. The van der Waals surface area contributed by atoms with Crippen molar-refractivity contribution >= 4 is 26.0 Å². The third-order valence-electron chi connectivity index (χ3n) is 8.84. The van der Waals surface area contributed by atoms with E-state index in [1.165, 1.54) is 17.3 Å². The smallest absolute Gasteiger partial charge is 0.338 e. The summed E-state index contributed by atoms with van der Waals surface area (Å²) in [7, 11) is -2.44. The van der Waals surface area contributed by atoms with Crippen molar-refractivity contribution in [1.82, 2.24) is 0 Å². The van der Waals surface area contributed by atoms with Gasteiger partial charge in [0.15, 0.2) is 14.4 Å². The number of carbonyl (C=O) groups is 1. The van der Waals surface area contributed by atoms with Crippen LogP contribution in [-0.2, 0) is 30.7 Å². The van der Waals surface area contributed by atoms with Gasteiger partial charge in [0.1, 0.15) is 23.7 Å². The number of hydrogen-bond donors (Lipinski definition) is 1. The number of rotatable bonds is 10. The van der Waals surface area contributed by atoms with Crippen molar-refractivity contribution < 1.29 is 28.5 Å². The lowest BCUT2D eigenvalue weighted by Crippen LogP contribution is -2.63. The van der Waals surface area contributed by atoms with E-state index in [-0.39, 0.29) is 17.1 Å². The first kappa shape index (κ1) is 35.4. The Hall–Kier alpha value is -2.46. The van der Waals surface area contributed by atoms with Gasteiger partial charge in [-0.25, -0.2) is 4.79 Å². The lowest BCUT2D eigenvalue weighted by atomic mass is 9.87. The molecule has 3 unspecified atom stereocenters. The topological polar surface area (TPSA) is 74.2 Å². The van der Waals surface area contributed by atoms with Gasteiger partial charge in [-0.3, -0.25) is 0 Å². The van der Waals surface area contributed by atoms with Gasteiger partial charge in [-0.15, -0.1) is 0 Å². The standard InChI is InChI=1S/C37H50O6SSi/c1-25-20-21-28(36(2,3)4)22-30(25)44-35-33(42-34(39)27-18-14-11-15-19-27)32(43-45(8,9)37(5,6)7)31(29(23-38)41-35)40-24-26-16-12-10-13-17-26/h10-22,29,31-33,35,38H,23-24H2,1-9H3/t29?,31-,32?,33?,35+/m1/s1. The molecule has 6 nitrogen and oxygen atoms in total. The molecule has 45 heavy (non-hydrogen) atoms. The van der Waals surface area contributed by atoms with Crippen molar-refractivity contribution in [1.29, 1.82) is 0 Å². The van der Waals surface area contributed by atoms with Gasteiger partial charge >= 0.3 is 5.97 Å². The van der Waals surface area contributed by atoms with Crippen LogP contribution < -0.4 is 0 Å². The predicted octanol–water partition coefficient (Wildman–Crippen LogP) is 8.30. The number of aryl methyl sites for hydroxylation is 1. The van der Waals surface area contributed by atoms with E-state index < -0.39 is 44.1 Å². The van der Waals surface area contributed by atoms with Crippen molar-refractivity contribution in [3.63, 3.8) is 0 Å². The minimum Gasteiger partial charge on any atom is -0.452 e. The Morgan fingerprint density at radius 1 is 0.889 bits per heavy atom. The Kier molecular flexibility index (Phi) is 11.4. The van der Waals surface area contributed by atoms with E-state index in [4.69, 9.17) is 18.6 Å². The van der Waals surface area contributed by atoms with Gasteiger partial charge in [-0.1, -0.05) is 114 Å². The molecule has 3 aromatic carbocycles. The highest BCUT2D eigenvalue weighted by Gasteiger charge is 2.53. The number of carbonyl (C=O) groups excluding carboxylic acids is 1. The molecule has 1 fully saturated rings. The quantitative estimate of drug-likeness (QED) is 0.175. The highest BCUT2D eigenvalue weighted by Crippen LogP contribution is 2.44. The van der Waals surface area contributed by atoms with E-state index in [9.17, 15) is 9.90 Å². The fourth-order valence-electron chi connectivity index (χ4n) is 4.95. The first-order valence-corrected chi connectivity index (χ1v) is 19.5. The fraction of sp³-hybridized carbons (Fsp3) is 0.486. The zero-order valence-corrected chi connectivity index (χ0v) is 30.0. The van der Waals surface area contributed by atoms with Crippen LogP contribution in [0.3, 0.4) is 0 Å². The van der Waals surface area contributed by atoms with Crippen LogP contribution >= 0.6 is 11.8 Å². The Morgan fingerprint density at radius 3 is 2.09 bits per heavy atom. The van der Waals surface area contributed by atoms with Gasteiger partial charge in [-0.05, 0) is 65.4 Å². The number of aliphatic hydroxyl groups excluding tert-OH is 1. The number of esters is 1. The molecule has 8 heteroatoms. The maximum absolute atomic E-state index is 13.7. The summed E-state index contributed by atoms with van der Waals surface area (Å²) < 4.78 is 26.7. The van der Waals surface area contributed by atoms with Gasteiger partial charge in [0, 0.05) is 4.90 Å². The normalized spacial score (nSPS) is 22.7. The molecule has 4 rings (SSSR count). The number of thioether (sulfide) groups is 1. The number of benzene rings is 3. The average molecular weight is 651 g/mol. The number of aliphatic hydroxyl groups is 1. The molecule has 0 bridgehead atoms. The van der Waals surface area contributed by atoms with Gasteiger partial charge in [-0.2, -0.15) is 0 Å². The van der Waals surface area contributed by atoms with Crippen molar-refractivity contribution in [2.45, 2.75) is 113 Å². The monoisotopic (exact) mass is 650 g/mol. The van der Waals surface area contributed by atoms with Gasteiger partial charge < -0.3 is 23.7 Å². The SMILES string of the molecule is Cc1ccc(C(C)(C)C)cc1S[C@@H]1OC(CO)[C@@H](OCc2ccccc2)C(O[Si](C)(C)C(C)(C)C)C1OC(=O)c1ccccc1. The van der Waals surface area contributed by atoms with E-state index in [0.29, 0.717) is 12.2 Å². The minimum atomic E-state index is -2.44. The molecule has 1 heterocycles. The largest absolute Gasteiger partial charge is 0.452 e. The minimum absolute atomic E-state index is 0.0480.